The number of rotatable bonds is 11. The van der Waals surface area contributed by atoms with E-state index in [-0.39, 0.29) is 18.3 Å². The van der Waals surface area contributed by atoms with E-state index in [1.54, 1.807) is 0 Å². The number of aryl methyl sites for hydroxylation is 1. The molecule has 1 aliphatic rings. The fourth-order valence-electron chi connectivity index (χ4n) is 5.38. The van der Waals surface area contributed by atoms with E-state index in [9.17, 15) is 9.59 Å². The lowest BCUT2D eigenvalue weighted by atomic mass is 9.90. The topological polar surface area (TPSA) is 55.8 Å². The van der Waals surface area contributed by atoms with Gasteiger partial charge in [0.2, 0.25) is 0 Å². The number of hydrogen-bond acceptors (Lipinski definition) is 4. The summed E-state index contributed by atoms with van der Waals surface area (Å²) < 4.78 is 11.6. The van der Waals surface area contributed by atoms with Crippen LogP contribution >= 0.6 is 0 Å². The second kappa shape index (κ2) is 13.8. The molecule has 1 aliphatic heterocycles. The minimum absolute atomic E-state index is 0.00720. The Balaban J connectivity index is 1.11. The molecule has 0 aliphatic carbocycles. The molecule has 1 fully saturated rings. The number of benzene rings is 4. The van der Waals surface area contributed by atoms with Crippen LogP contribution in [0.25, 0.3) is 11.1 Å². The van der Waals surface area contributed by atoms with Crippen LogP contribution in [0.5, 0.6) is 11.5 Å². The number of para-hydroxylation sites is 1. The molecule has 4 aromatic carbocycles. The van der Waals surface area contributed by atoms with Gasteiger partial charge in [0.1, 0.15) is 11.5 Å². The van der Waals surface area contributed by atoms with Crippen molar-refractivity contribution in [3.63, 3.8) is 0 Å². The molecule has 0 unspecified atom stereocenters. The van der Waals surface area contributed by atoms with Crippen LogP contribution in [0, 0.1) is 5.92 Å². The second-order valence-corrected chi connectivity index (χ2v) is 10.5. The van der Waals surface area contributed by atoms with E-state index in [2.05, 4.69) is 12.1 Å². The van der Waals surface area contributed by atoms with Crippen LogP contribution in [-0.4, -0.2) is 42.9 Å². The van der Waals surface area contributed by atoms with Crippen LogP contribution < -0.4 is 9.47 Å². The Morgan fingerprint density at radius 2 is 1.41 bits per heavy atom. The summed E-state index contributed by atoms with van der Waals surface area (Å²) in [6, 6.07) is 32.9. The third-order valence-electron chi connectivity index (χ3n) is 7.78. The van der Waals surface area contributed by atoms with Crippen molar-refractivity contribution in [1.82, 2.24) is 4.90 Å². The molecule has 4 aromatic rings. The summed E-state index contributed by atoms with van der Waals surface area (Å²) in [6.45, 7) is 4.23. The third-order valence-corrected chi connectivity index (χ3v) is 7.78. The number of nitrogens with zero attached hydrogens (tertiary/aromatic N) is 1. The first-order valence-corrected chi connectivity index (χ1v) is 14.5. The van der Waals surface area contributed by atoms with Gasteiger partial charge in [0.15, 0.2) is 12.4 Å². The van der Waals surface area contributed by atoms with Gasteiger partial charge in [0, 0.05) is 29.8 Å². The van der Waals surface area contributed by atoms with Gasteiger partial charge < -0.3 is 14.4 Å². The highest BCUT2D eigenvalue weighted by atomic mass is 16.5. The zero-order valence-corrected chi connectivity index (χ0v) is 23.6. The summed E-state index contributed by atoms with van der Waals surface area (Å²) in [5, 5.41) is 0. The molecule has 5 nitrogen and oxygen atoms in total. The summed E-state index contributed by atoms with van der Waals surface area (Å²) >= 11 is 0. The lowest BCUT2D eigenvalue weighted by Gasteiger charge is -2.32. The lowest BCUT2D eigenvalue weighted by molar-refractivity contribution is -0.134. The minimum atomic E-state index is -0.00720. The van der Waals surface area contributed by atoms with E-state index in [1.165, 1.54) is 5.56 Å². The molecule has 5 rings (SSSR count). The van der Waals surface area contributed by atoms with Gasteiger partial charge >= 0.3 is 0 Å². The van der Waals surface area contributed by atoms with Crippen molar-refractivity contribution >= 4 is 11.7 Å². The van der Waals surface area contributed by atoms with Crippen LogP contribution in [0.3, 0.4) is 0 Å². The standard InChI is InChI=1S/C36H37NO4/c1-2-40-32-20-14-27(15-21-32)12-13-28-22-24-37(25-23-28)35(38)26-41-34-11-7-6-10-33(34)29-16-18-31(19-17-29)36(39)30-8-4-3-5-9-30/h3-11,14-21,28H,2,12-13,22-26H2,1H3. The van der Waals surface area contributed by atoms with E-state index in [1.807, 2.05) is 103 Å². The largest absolute Gasteiger partial charge is 0.494 e. The fraction of sp³-hybridized carbons (Fsp3) is 0.278. The molecule has 0 saturated carbocycles. The summed E-state index contributed by atoms with van der Waals surface area (Å²) in [5.74, 6) is 2.22. The quantitative estimate of drug-likeness (QED) is 0.186. The molecule has 0 bridgehead atoms. The average molecular weight is 548 g/mol. The summed E-state index contributed by atoms with van der Waals surface area (Å²) in [5.41, 5.74) is 4.46. The van der Waals surface area contributed by atoms with Gasteiger partial charge in [-0.1, -0.05) is 84.9 Å². The maximum absolute atomic E-state index is 13.0. The molecule has 1 heterocycles. The summed E-state index contributed by atoms with van der Waals surface area (Å²) in [6.07, 6.45) is 4.22. The van der Waals surface area contributed by atoms with Gasteiger partial charge in [-0.15, -0.1) is 0 Å². The van der Waals surface area contributed by atoms with Gasteiger partial charge in [-0.3, -0.25) is 9.59 Å². The van der Waals surface area contributed by atoms with Gasteiger partial charge in [-0.05, 0) is 67.9 Å². The molecule has 5 heteroatoms. The van der Waals surface area contributed by atoms with E-state index in [0.717, 1.165) is 55.6 Å². The maximum atomic E-state index is 13.0. The van der Waals surface area contributed by atoms with Crippen LogP contribution in [0.4, 0.5) is 0 Å². The fourth-order valence-corrected chi connectivity index (χ4v) is 5.38. The Morgan fingerprint density at radius 3 is 2.12 bits per heavy atom. The molecule has 1 amide bonds. The lowest BCUT2D eigenvalue weighted by Crippen LogP contribution is -2.41. The highest BCUT2D eigenvalue weighted by Crippen LogP contribution is 2.31. The molecule has 0 spiro atoms. The van der Waals surface area contributed by atoms with Crippen molar-refractivity contribution in [3.8, 4) is 22.6 Å². The predicted octanol–water partition coefficient (Wildman–Crippen LogP) is 7.23. The molecular weight excluding hydrogens is 510 g/mol. The first kappa shape index (κ1) is 28.2. The Hall–Kier alpha value is -4.38. The van der Waals surface area contributed by atoms with Crippen LogP contribution in [0.15, 0.2) is 103 Å². The van der Waals surface area contributed by atoms with Crippen molar-refractivity contribution in [3.05, 3.63) is 120 Å². The van der Waals surface area contributed by atoms with Crippen molar-refractivity contribution in [2.24, 2.45) is 5.92 Å². The van der Waals surface area contributed by atoms with Crippen molar-refractivity contribution in [2.75, 3.05) is 26.3 Å². The SMILES string of the molecule is CCOc1ccc(CCC2CCN(C(=O)COc3ccccc3-c3ccc(C(=O)c4ccccc4)cc3)CC2)cc1. The van der Waals surface area contributed by atoms with E-state index < -0.39 is 0 Å². The van der Waals surface area contributed by atoms with Crippen molar-refractivity contribution in [2.45, 2.75) is 32.6 Å². The van der Waals surface area contributed by atoms with Crippen LogP contribution in [0.2, 0.25) is 0 Å². The molecule has 0 atom stereocenters. The number of ketones is 1. The smallest absolute Gasteiger partial charge is 0.260 e. The normalized spacial score (nSPS) is 13.5. The van der Waals surface area contributed by atoms with Gasteiger partial charge in [-0.25, -0.2) is 0 Å². The number of carbonyl (C=O) groups is 2. The molecule has 1 saturated heterocycles. The van der Waals surface area contributed by atoms with Crippen LogP contribution in [0.1, 0.15) is 47.7 Å². The zero-order chi connectivity index (χ0) is 28.4. The number of amides is 1. The molecule has 210 valence electrons. The molecule has 0 radical (unpaired) electrons. The van der Waals surface area contributed by atoms with Crippen LogP contribution in [-0.2, 0) is 11.2 Å². The minimum Gasteiger partial charge on any atom is -0.494 e. The monoisotopic (exact) mass is 547 g/mol. The third kappa shape index (κ3) is 7.43. The molecule has 41 heavy (non-hydrogen) atoms. The number of carbonyl (C=O) groups excluding carboxylic acids is 2. The Morgan fingerprint density at radius 1 is 0.756 bits per heavy atom. The number of ether oxygens (including phenoxy) is 2. The Kier molecular flexibility index (Phi) is 9.48. The number of likely N-dealkylation sites (tertiary alicyclic amines) is 1. The Bertz CT molecular complexity index is 1420. The van der Waals surface area contributed by atoms with E-state index in [4.69, 9.17) is 9.47 Å². The molecule has 0 aromatic heterocycles. The molecular formula is C36H37NO4. The first-order chi connectivity index (χ1) is 20.1. The zero-order valence-electron chi connectivity index (χ0n) is 23.6. The average Bonchev–Trinajstić information content (AvgIpc) is 3.04. The number of piperidine rings is 1. The van der Waals surface area contributed by atoms with Crippen molar-refractivity contribution < 1.29 is 19.1 Å². The summed E-state index contributed by atoms with van der Waals surface area (Å²) in [7, 11) is 0. The highest BCUT2D eigenvalue weighted by molar-refractivity contribution is 6.09. The van der Waals surface area contributed by atoms with Crippen molar-refractivity contribution in [1.29, 1.82) is 0 Å². The first-order valence-electron chi connectivity index (χ1n) is 14.5. The van der Waals surface area contributed by atoms with E-state index in [0.29, 0.717) is 29.4 Å². The van der Waals surface area contributed by atoms with Gasteiger partial charge in [0.25, 0.3) is 5.91 Å². The Labute approximate surface area is 242 Å². The summed E-state index contributed by atoms with van der Waals surface area (Å²) in [4.78, 5) is 27.7. The molecule has 0 N–H and O–H groups in total. The van der Waals surface area contributed by atoms with E-state index >= 15 is 0 Å². The maximum Gasteiger partial charge on any atom is 0.260 e. The van der Waals surface area contributed by atoms with Gasteiger partial charge in [-0.2, -0.15) is 0 Å². The van der Waals surface area contributed by atoms with Gasteiger partial charge in [0.05, 0.1) is 6.61 Å². The highest BCUT2D eigenvalue weighted by Gasteiger charge is 2.23. The second-order valence-electron chi connectivity index (χ2n) is 10.5. The predicted molar refractivity (Wildman–Crippen MR) is 162 cm³/mol. The number of hydrogen-bond donors (Lipinski definition) is 0.